The van der Waals surface area contributed by atoms with Gasteiger partial charge in [0.2, 0.25) is 0 Å². The summed E-state index contributed by atoms with van der Waals surface area (Å²) in [5.41, 5.74) is -1.87. The van der Waals surface area contributed by atoms with Gasteiger partial charge in [0.1, 0.15) is 5.60 Å². The molecule has 10 nitrogen and oxygen atoms in total. The number of aromatic nitrogens is 2. The largest absolute Gasteiger partial charge is 0.440 e. The lowest BCUT2D eigenvalue weighted by atomic mass is 9.99. The van der Waals surface area contributed by atoms with Crippen LogP contribution in [-0.4, -0.2) is 48.2 Å². The molecule has 0 amide bonds. The maximum absolute atomic E-state index is 14.3. The number of methoxy groups -OCH3 is 1. The highest BCUT2D eigenvalue weighted by atomic mass is 16.6. The SMILES string of the molecule is COCCOCC(C)(C)OC(=O)n1c2ccc3c(=O)c4ccccc4c(=O)c3c2[nH]c2ccc3c(=O)c4ccccc4c(=O)c3c21. The van der Waals surface area contributed by atoms with Gasteiger partial charge in [0.25, 0.3) is 0 Å². The number of fused-ring (bicyclic) bond motifs is 8. The van der Waals surface area contributed by atoms with Gasteiger partial charge in [0.05, 0.1) is 52.7 Å². The smallest absolute Gasteiger partial charge is 0.419 e. The zero-order valence-corrected chi connectivity index (χ0v) is 25.3. The zero-order chi connectivity index (χ0) is 32.3. The van der Waals surface area contributed by atoms with Crippen LogP contribution in [0.2, 0.25) is 0 Å². The topological polar surface area (TPSA) is 134 Å². The van der Waals surface area contributed by atoms with E-state index >= 15 is 0 Å². The van der Waals surface area contributed by atoms with Gasteiger partial charge < -0.3 is 19.2 Å². The second-order valence-electron chi connectivity index (χ2n) is 11.8. The number of H-pyrrole nitrogens is 1. The Morgan fingerprint density at radius 1 is 0.696 bits per heavy atom. The van der Waals surface area contributed by atoms with Gasteiger partial charge in [-0.25, -0.2) is 9.36 Å². The number of nitrogens with one attached hydrogen (secondary N) is 1. The number of carbonyl (C=O) groups is 1. The summed E-state index contributed by atoms with van der Waals surface area (Å²) < 4.78 is 17.9. The molecule has 0 radical (unpaired) electrons. The molecule has 0 saturated heterocycles. The molecule has 0 atom stereocenters. The standard InChI is InChI=1S/C36H28N2O8/c1-36(2,18-45-17-16-44-3)46-35(43)38-26-15-13-23-27(33(41)21-10-6-4-8-19(21)31(23)39)29(26)37-25-14-12-24-28(30(25)38)34(42)22-11-7-5-9-20(22)32(24)40/h4-15,37H,16-18H2,1-3H3. The summed E-state index contributed by atoms with van der Waals surface area (Å²) in [6.45, 7) is 4.04. The lowest BCUT2D eigenvalue weighted by Crippen LogP contribution is -2.36. The first-order valence-electron chi connectivity index (χ1n) is 14.7. The number of hydrogen-bond donors (Lipinski definition) is 1. The first-order chi connectivity index (χ1) is 22.1. The minimum atomic E-state index is -1.13. The molecule has 0 spiro atoms. The fraction of sp³-hybridized carbons (Fsp3) is 0.194. The van der Waals surface area contributed by atoms with Crippen molar-refractivity contribution in [3.63, 3.8) is 0 Å². The van der Waals surface area contributed by atoms with Crippen molar-refractivity contribution in [1.82, 2.24) is 9.55 Å². The van der Waals surface area contributed by atoms with E-state index in [2.05, 4.69) is 4.98 Å². The molecule has 230 valence electrons. The summed E-state index contributed by atoms with van der Waals surface area (Å²) in [5.74, 6) is 0. The number of aromatic amines is 1. The highest BCUT2D eigenvalue weighted by Gasteiger charge is 2.28. The van der Waals surface area contributed by atoms with Crippen LogP contribution in [0.3, 0.4) is 0 Å². The van der Waals surface area contributed by atoms with Crippen LogP contribution in [0.25, 0.3) is 65.2 Å². The predicted octanol–water partition coefficient (Wildman–Crippen LogP) is 5.04. The molecular formula is C36H28N2O8. The van der Waals surface area contributed by atoms with E-state index in [9.17, 15) is 24.0 Å². The molecule has 0 aliphatic carbocycles. The van der Waals surface area contributed by atoms with Gasteiger partial charge in [0, 0.05) is 39.4 Å². The molecule has 0 saturated carbocycles. The van der Waals surface area contributed by atoms with Crippen molar-refractivity contribution in [2.45, 2.75) is 19.4 Å². The fourth-order valence-electron chi connectivity index (χ4n) is 6.21. The van der Waals surface area contributed by atoms with E-state index in [1.165, 1.54) is 22.8 Å². The molecule has 0 bridgehead atoms. The molecule has 0 fully saturated rings. The van der Waals surface area contributed by atoms with Crippen LogP contribution in [0.1, 0.15) is 13.8 Å². The molecule has 10 heteroatoms. The molecule has 1 heterocycles. The monoisotopic (exact) mass is 616 g/mol. The van der Waals surface area contributed by atoms with E-state index < -0.39 is 22.6 Å². The minimum Gasteiger partial charge on any atom is -0.440 e. The maximum atomic E-state index is 14.3. The number of nitrogens with zero attached hydrogens (tertiary/aromatic N) is 1. The summed E-state index contributed by atoms with van der Waals surface area (Å²) in [4.78, 5) is 72.7. The third-order valence-corrected chi connectivity index (χ3v) is 8.29. The summed E-state index contributed by atoms with van der Waals surface area (Å²) in [7, 11) is 1.55. The van der Waals surface area contributed by atoms with E-state index in [0.717, 1.165) is 0 Å². The molecule has 0 aliphatic heterocycles. The Kier molecular flexibility index (Phi) is 6.91. The number of benzene rings is 6. The summed E-state index contributed by atoms with van der Waals surface area (Å²) >= 11 is 0. The van der Waals surface area contributed by atoms with E-state index in [1.54, 1.807) is 75.6 Å². The normalized spacial score (nSPS) is 12.2. The highest BCUT2D eigenvalue weighted by molar-refractivity contribution is 6.17. The number of rotatable bonds is 6. The summed E-state index contributed by atoms with van der Waals surface area (Å²) in [5, 5.41) is 1.44. The van der Waals surface area contributed by atoms with Crippen molar-refractivity contribution in [2.24, 2.45) is 0 Å². The first kappa shape index (κ1) is 29.3. The van der Waals surface area contributed by atoms with E-state index in [1.807, 2.05) is 0 Å². The van der Waals surface area contributed by atoms with Crippen LogP contribution < -0.4 is 21.7 Å². The minimum absolute atomic E-state index is 0.0240. The maximum Gasteiger partial charge on any atom is 0.419 e. The van der Waals surface area contributed by atoms with Gasteiger partial charge in [-0.1, -0.05) is 48.5 Å². The third-order valence-electron chi connectivity index (χ3n) is 8.29. The second-order valence-corrected chi connectivity index (χ2v) is 11.8. The molecule has 1 N–H and O–H groups in total. The molecule has 0 unspecified atom stereocenters. The lowest BCUT2D eigenvalue weighted by Gasteiger charge is -2.26. The van der Waals surface area contributed by atoms with Crippen LogP contribution in [0.5, 0.6) is 0 Å². The van der Waals surface area contributed by atoms with Crippen LogP contribution in [-0.2, 0) is 14.2 Å². The third kappa shape index (κ3) is 4.45. The van der Waals surface area contributed by atoms with Crippen LogP contribution in [0, 0.1) is 0 Å². The van der Waals surface area contributed by atoms with Gasteiger partial charge in [-0.3, -0.25) is 19.2 Å². The lowest BCUT2D eigenvalue weighted by molar-refractivity contribution is -0.0415. The van der Waals surface area contributed by atoms with E-state index in [0.29, 0.717) is 12.0 Å². The molecule has 46 heavy (non-hydrogen) atoms. The average Bonchev–Trinajstić information content (AvgIpc) is 3.05. The van der Waals surface area contributed by atoms with Crippen molar-refractivity contribution in [3.05, 3.63) is 114 Å². The molecule has 6 aromatic carbocycles. The molecule has 7 aromatic rings. The summed E-state index contributed by atoms with van der Waals surface area (Å²) in [6, 6.07) is 19.2. The first-order valence-corrected chi connectivity index (χ1v) is 14.7. The zero-order valence-electron chi connectivity index (χ0n) is 25.3. The van der Waals surface area contributed by atoms with E-state index in [4.69, 9.17) is 14.2 Å². The van der Waals surface area contributed by atoms with Crippen molar-refractivity contribution in [2.75, 3.05) is 26.9 Å². The Balaban J connectivity index is 1.62. The van der Waals surface area contributed by atoms with Crippen molar-refractivity contribution >= 4 is 71.2 Å². The van der Waals surface area contributed by atoms with Crippen molar-refractivity contribution in [1.29, 1.82) is 0 Å². The van der Waals surface area contributed by atoms with Gasteiger partial charge in [0.15, 0.2) is 21.7 Å². The molecule has 7 rings (SSSR count). The average molecular weight is 617 g/mol. The van der Waals surface area contributed by atoms with Gasteiger partial charge >= 0.3 is 6.09 Å². The van der Waals surface area contributed by atoms with Gasteiger partial charge in [-0.2, -0.15) is 0 Å². The van der Waals surface area contributed by atoms with Crippen LogP contribution in [0.15, 0.2) is 92.0 Å². The van der Waals surface area contributed by atoms with Crippen molar-refractivity contribution < 1.29 is 19.0 Å². The van der Waals surface area contributed by atoms with E-state index in [-0.39, 0.29) is 83.8 Å². The predicted molar refractivity (Wildman–Crippen MR) is 179 cm³/mol. The highest BCUT2D eigenvalue weighted by Crippen LogP contribution is 2.30. The Morgan fingerprint density at radius 2 is 1.24 bits per heavy atom. The molecule has 1 aromatic heterocycles. The van der Waals surface area contributed by atoms with Crippen molar-refractivity contribution in [3.8, 4) is 0 Å². The Bertz CT molecular complexity index is 2640. The molecular weight excluding hydrogens is 588 g/mol. The van der Waals surface area contributed by atoms with Crippen LogP contribution >= 0.6 is 0 Å². The summed E-state index contributed by atoms with van der Waals surface area (Å²) in [6.07, 6.45) is -0.869. The fourth-order valence-corrected chi connectivity index (χ4v) is 6.21. The Morgan fingerprint density at radius 3 is 1.85 bits per heavy atom. The number of carbonyl (C=O) groups excluding carboxylic acids is 1. The van der Waals surface area contributed by atoms with Gasteiger partial charge in [-0.15, -0.1) is 0 Å². The Hall–Kier alpha value is -5.45. The van der Waals surface area contributed by atoms with Gasteiger partial charge in [-0.05, 0) is 38.1 Å². The second kappa shape index (κ2) is 10.9. The number of ether oxygens (including phenoxy) is 3. The number of hydrogen-bond acceptors (Lipinski definition) is 8. The Labute approximate surface area is 259 Å². The quantitative estimate of drug-likeness (QED) is 0.156. The molecule has 0 aliphatic rings. The van der Waals surface area contributed by atoms with Crippen LogP contribution in [0.4, 0.5) is 4.79 Å².